The van der Waals surface area contributed by atoms with Crippen molar-refractivity contribution < 1.29 is 0 Å². The van der Waals surface area contributed by atoms with Gasteiger partial charge in [0.05, 0.1) is 0 Å². The van der Waals surface area contributed by atoms with Crippen LogP contribution in [0.25, 0.3) is 0 Å². The van der Waals surface area contributed by atoms with Gasteiger partial charge in [0.15, 0.2) is 0 Å². The largest absolute Gasteiger partial charge is 0.314 e. The highest BCUT2D eigenvalue weighted by molar-refractivity contribution is 4.86. The fraction of sp³-hybridized carbons (Fsp3) is 0.667. The van der Waals surface area contributed by atoms with Crippen molar-refractivity contribution in [3.05, 3.63) is 12.3 Å². The maximum atomic E-state index is 5.49. The van der Waals surface area contributed by atoms with Crippen molar-refractivity contribution in [2.24, 2.45) is 5.84 Å². The minimum atomic E-state index is 0.354. The second-order valence-corrected chi connectivity index (χ2v) is 2.24. The van der Waals surface area contributed by atoms with Gasteiger partial charge in [-0.3, -0.25) is 0 Å². The molecule has 0 aliphatic rings. The van der Waals surface area contributed by atoms with Crippen LogP contribution in [0, 0.1) is 0 Å². The molecule has 0 spiro atoms. The minimum Gasteiger partial charge on any atom is -0.314 e. The van der Waals surface area contributed by atoms with Crippen LogP contribution >= 0.6 is 0 Å². The van der Waals surface area contributed by atoms with Gasteiger partial charge in [0, 0.05) is 11.7 Å². The Morgan fingerprint density at radius 1 is 1.62 bits per heavy atom. The third-order valence-corrected chi connectivity index (χ3v) is 0.997. The van der Waals surface area contributed by atoms with Gasteiger partial charge in [0.2, 0.25) is 0 Å². The molecule has 0 radical (unpaired) electrons. The van der Waals surface area contributed by atoms with Crippen LogP contribution < -0.4 is 5.84 Å². The van der Waals surface area contributed by atoms with Gasteiger partial charge in [-0.1, -0.05) is 6.58 Å². The van der Waals surface area contributed by atoms with Crippen molar-refractivity contribution in [1.82, 2.24) is 5.01 Å². The average Bonchev–Trinajstić information content (AvgIpc) is 1.64. The molecule has 0 rings (SSSR count). The van der Waals surface area contributed by atoms with Gasteiger partial charge in [-0.05, 0) is 20.8 Å². The molecule has 0 aromatic rings. The summed E-state index contributed by atoms with van der Waals surface area (Å²) in [5.74, 6) is 5.49. The first-order chi connectivity index (χ1) is 3.55. The van der Waals surface area contributed by atoms with Crippen molar-refractivity contribution in [2.75, 3.05) is 0 Å². The molecular weight excluding hydrogens is 100 g/mol. The van der Waals surface area contributed by atoms with Crippen molar-refractivity contribution in [3.63, 3.8) is 0 Å². The molecule has 2 heteroatoms. The first-order valence-electron chi connectivity index (χ1n) is 2.75. The molecule has 0 aliphatic carbocycles. The van der Waals surface area contributed by atoms with E-state index in [9.17, 15) is 0 Å². The lowest BCUT2D eigenvalue weighted by molar-refractivity contribution is 0.296. The van der Waals surface area contributed by atoms with E-state index in [0.29, 0.717) is 6.04 Å². The van der Waals surface area contributed by atoms with Crippen LogP contribution in [0.2, 0.25) is 0 Å². The van der Waals surface area contributed by atoms with E-state index < -0.39 is 0 Å². The van der Waals surface area contributed by atoms with Crippen LogP contribution in [0.4, 0.5) is 0 Å². The third kappa shape index (κ3) is 1.98. The fourth-order valence-corrected chi connectivity index (χ4v) is 0.441. The molecule has 0 aromatic heterocycles. The normalized spacial score (nSPS) is 9.62. The van der Waals surface area contributed by atoms with Crippen molar-refractivity contribution >= 4 is 0 Å². The van der Waals surface area contributed by atoms with Gasteiger partial charge in [0.25, 0.3) is 0 Å². The number of hydrogen-bond donors (Lipinski definition) is 1. The highest BCUT2D eigenvalue weighted by Gasteiger charge is 1.99. The van der Waals surface area contributed by atoms with E-state index >= 15 is 0 Å². The van der Waals surface area contributed by atoms with Crippen LogP contribution in [0.15, 0.2) is 12.3 Å². The van der Waals surface area contributed by atoms with Crippen LogP contribution in [0.1, 0.15) is 20.8 Å². The van der Waals surface area contributed by atoms with E-state index in [4.69, 9.17) is 5.84 Å². The molecule has 2 N–H and O–H groups in total. The number of hydrazine groups is 1. The molecule has 0 amide bonds. The summed E-state index contributed by atoms with van der Waals surface area (Å²) in [6.45, 7) is 9.61. The molecule has 0 atom stereocenters. The quantitative estimate of drug-likeness (QED) is 0.430. The van der Waals surface area contributed by atoms with Crippen molar-refractivity contribution in [1.29, 1.82) is 0 Å². The maximum absolute atomic E-state index is 5.49. The summed E-state index contributed by atoms with van der Waals surface area (Å²) in [5, 5.41) is 1.64. The molecule has 48 valence electrons. The number of nitrogens with two attached hydrogens (primary N) is 1. The van der Waals surface area contributed by atoms with Crippen LogP contribution in [-0.4, -0.2) is 11.1 Å². The summed E-state index contributed by atoms with van der Waals surface area (Å²) < 4.78 is 0. The van der Waals surface area contributed by atoms with E-state index in [2.05, 4.69) is 6.58 Å². The van der Waals surface area contributed by atoms with E-state index in [0.717, 1.165) is 5.70 Å². The van der Waals surface area contributed by atoms with E-state index in [-0.39, 0.29) is 0 Å². The first kappa shape index (κ1) is 7.50. The number of allylic oxidation sites excluding steroid dienone is 1. The monoisotopic (exact) mass is 114 g/mol. The first-order valence-corrected chi connectivity index (χ1v) is 2.75. The van der Waals surface area contributed by atoms with Gasteiger partial charge in [0.1, 0.15) is 0 Å². The van der Waals surface area contributed by atoms with Crippen molar-refractivity contribution in [3.8, 4) is 0 Å². The Kier molecular flexibility index (Phi) is 2.55. The number of hydrogen-bond acceptors (Lipinski definition) is 2. The van der Waals surface area contributed by atoms with E-state index in [1.165, 1.54) is 0 Å². The Morgan fingerprint density at radius 2 is 2.00 bits per heavy atom. The molecule has 0 unspecified atom stereocenters. The molecule has 0 fully saturated rings. The van der Waals surface area contributed by atoms with Crippen LogP contribution in [0.3, 0.4) is 0 Å². The topological polar surface area (TPSA) is 29.3 Å². The molecule has 0 aliphatic heterocycles. The number of rotatable bonds is 2. The molecule has 0 saturated carbocycles. The molecule has 0 saturated heterocycles. The average molecular weight is 114 g/mol. The Labute approximate surface area is 50.9 Å². The predicted octanol–water partition coefficient (Wildman–Crippen LogP) is 1.10. The summed E-state index contributed by atoms with van der Waals surface area (Å²) >= 11 is 0. The summed E-state index contributed by atoms with van der Waals surface area (Å²) in [6, 6.07) is 0.354. The summed E-state index contributed by atoms with van der Waals surface area (Å²) in [5.41, 5.74) is 0.903. The van der Waals surface area contributed by atoms with Gasteiger partial charge < -0.3 is 5.01 Å². The molecular formula is C6H14N2. The van der Waals surface area contributed by atoms with E-state index in [1.807, 2.05) is 20.8 Å². The SMILES string of the molecule is C=C(C)N(N)C(C)C. The molecule has 0 bridgehead atoms. The molecule has 8 heavy (non-hydrogen) atoms. The molecule has 0 heterocycles. The highest BCUT2D eigenvalue weighted by atomic mass is 15.4. The van der Waals surface area contributed by atoms with Gasteiger partial charge in [-0.15, -0.1) is 0 Å². The number of nitrogens with zero attached hydrogens (tertiary/aromatic N) is 1. The zero-order chi connectivity index (χ0) is 6.73. The van der Waals surface area contributed by atoms with Gasteiger partial charge in [-0.25, -0.2) is 5.84 Å². The smallest absolute Gasteiger partial charge is 0.0392 e. The maximum Gasteiger partial charge on any atom is 0.0392 e. The van der Waals surface area contributed by atoms with Crippen LogP contribution in [-0.2, 0) is 0 Å². The molecule has 2 nitrogen and oxygen atoms in total. The predicted molar refractivity (Wildman–Crippen MR) is 36.0 cm³/mol. The van der Waals surface area contributed by atoms with Crippen molar-refractivity contribution in [2.45, 2.75) is 26.8 Å². The minimum absolute atomic E-state index is 0.354. The summed E-state index contributed by atoms with van der Waals surface area (Å²) in [4.78, 5) is 0. The Balaban J connectivity index is 3.64. The third-order valence-electron chi connectivity index (χ3n) is 0.997. The van der Waals surface area contributed by atoms with Gasteiger partial charge in [-0.2, -0.15) is 0 Å². The second-order valence-electron chi connectivity index (χ2n) is 2.24. The fourth-order valence-electron chi connectivity index (χ4n) is 0.441. The van der Waals surface area contributed by atoms with Crippen LogP contribution in [0.5, 0.6) is 0 Å². The summed E-state index contributed by atoms with van der Waals surface area (Å²) in [6.07, 6.45) is 0. The summed E-state index contributed by atoms with van der Waals surface area (Å²) in [7, 11) is 0. The lowest BCUT2D eigenvalue weighted by atomic mass is 10.3. The highest BCUT2D eigenvalue weighted by Crippen LogP contribution is 1.97. The zero-order valence-electron chi connectivity index (χ0n) is 5.81. The Morgan fingerprint density at radius 3 is 2.00 bits per heavy atom. The Bertz CT molecular complexity index is 86.5. The Hall–Kier alpha value is -0.500. The van der Waals surface area contributed by atoms with E-state index in [1.54, 1.807) is 5.01 Å². The molecule has 0 aromatic carbocycles. The van der Waals surface area contributed by atoms with Gasteiger partial charge >= 0.3 is 0 Å². The lowest BCUT2D eigenvalue weighted by Crippen LogP contribution is -2.35. The standard InChI is InChI=1S/C6H14N2/c1-5(2)8(7)6(3)4/h6H,1,7H2,2-4H3. The lowest BCUT2D eigenvalue weighted by Gasteiger charge is -2.22. The second kappa shape index (κ2) is 2.72. The zero-order valence-corrected chi connectivity index (χ0v) is 5.81.